The summed E-state index contributed by atoms with van der Waals surface area (Å²) in [6.07, 6.45) is -1.10. The van der Waals surface area contributed by atoms with Crippen LogP contribution in [0, 0.1) is 0 Å². The summed E-state index contributed by atoms with van der Waals surface area (Å²) in [5.74, 6) is -2.93. The molecule has 22 heavy (non-hydrogen) atoms. The van der Waals surface area contributed by atoms with Crippen molar-refractivity contribution >= 4 is 5.78 Å². The predicted octanol–water partition coefficient (Wildman–Crippen LogP) is 1.92. The van der Waals surface area contributed by atoms with Crippen molar-refractivity contribution < 1.29 is 35.1 Å². The summed E-state index contributed by atoms with van der Waals surface area (Å²) in [5, 5.41) is 47.9. The number of phenols is 5. The van der Waals surface area contributed by atoms with E-state index >= 15 is 0 Å². The average Bonchev–Trinajstić information content (AvgIpc) is 2.43. The Morgan fingerprint density at radius 2 is 1.68 bits per heavy atom. The SMILES string of the molecule is O=C1CC(c2ccc(O)c(O)c2O)Oc2cc(O)cc(O)c21. The molecule has 1 heterocycles. The fraction of sp³-hybridized carbons (Fsp3) is 0.133. The van der Waals surface area contributed by atoms with Crippen molar-refractivity contribution in [2.24, 2.45) is 0 Å². The maximum atomic E-state index is 12.1. The second-order valence-corrected chi connectivity index (χ2v) is 4.94. The van der Waals surface area contributed by atoms with E-state index in [2.05, 4.69) is 0 Å². The van der Waals surface area contributed by atoms with E-state index in [-0.39, 0.29) is 29.0 Å². The van der Waals surface area contributed by atoms with Crippen molar-refractivity contribution in [3.63, 3.8) is 0 Å². The van der Waals surface area contributed by atoms with Gasteiger partial charge in [-0.2, -0.15) is 0 Å². The molecule has 0 saturated carbocycles. The number of rotatable bonds is 1. The van der Waals surface area contributed by atoms with E-state index in [1.54, 1.807) is 0 Å². The highest BCUT2D eigenvalue weighted by molar-refractivity contribution is 6.02. The number of fused-ring (bicyclic) bond motifs is 1. The quantitative estimate of drug-likeness (QED) is 0.509. The molecule has 0 aliphatic carbocycles. The van der Waals surface area contributed by atoms with Crippen molar-refractivity contribution in [3.05, 3.63) is 35.4 Å². The Morgan fingerprint density at radius 3 is 2.41 bits per heavy atom. The third-order valence-corrected chi connectivity index (χ3v) is 3.49. The van der Waals surface area contributed by atoms with Gasteiger partial charge in [-0.25, -0.2) is 0 Å². The highest BCUT2D eigenvalue weighted by atomic mass is 16.5. The molecule has 2 aromatic rings. The number of phenolic OH excluding ortho intramolecular Hbond substituents is 5. The number of ether oxygens (including phenoxy) is 1. The Hall–Kier alpha value is -3.09. The van der Waals surface area contributed by atoms with Gasteiger partial charge in [-0.3, -0.25) is 4.79 Å². The summed E-state index contributed by atoms with van der Waals surface area (Å²) in [6, 6.07) is 4.68. The Kier molecular flexibility index (Phi) is 2.98. The van der Waals surface area contributed by atoms with E-state index in [1.807, 2.05) is 0 Å². The number of aromatic hydroxyl groups is 5. The summed E-state index contributed by atoms with van der Waals surface area (Å²) >= 11 is 0. The van der Waals surface area contributed by atoms with E-state index in [4.69, 9.17) is 4.74 Å². The normalized spacial score (nSPS) is 16.9. The van der Waals surface area contributed by atoms with Crippen LogP contribution in [0.25, 0.3) is 0 Å². The van der Waals surface area contributed by atoms with E-state index in [9.17, 15) is 30.3 Å². The number of ketones is 1. The van der Waals surface area contributed by atoms with Gasteiger partial charge in [0.25, 0.3) is 0 Å². The first-order chi connectivity index (χ1) is 10.4. The fourth-order valence-electron chi connectivity index (χ4n) is 2.44. The highest BCUT2D eigenvalue weighted by Crippen LogP contribution is 2.46. The second-order valence-electron chi connectivity index (χ2n) is 4.94. The van der Waals surface area contributed by atoms with Gasteiger partial charge >= 0.3 is 0 Å². The molecule has 0 aromatic heterocycles. The van der Waals surface area contributed by atoms with Crippen LogP contribution in [0.5, 0.6) is 34.5 Å². The van der Waals surface area contributed by atoms with Gasteiger partial charge in [0.05, 0.1) is 6.42 Å². The summed E-state index contributed by atoms with van der Waals surface area (Å²) < 4.78 is 5.53. The van der Waals surface area contributed by atoms with Gasteiger partial charge in [0.1, 0.15) is 28.9 Å². The van der Waals surface area contributed by atoms with E-state index in [1.165, 1.54) is 12.1 Å². The number of benzene rings is 2. The molecule has 1 aliphatic heterocycles. The summed E-state index contributed by atoms with van der Waals surface area (Å²) in [6.45, 7) is 0. The standard InChI is InChI=1S/C15H12O7/c16-6-3-9(18)13-10(19)5-11(22-12(13)4-6)7-1-2-8(17)15(21)14(7)20/h1-4,11,16-18,20-21H,5H2. The minimum atomic E-state index is -0.923. The molecule has 7 nitrogen and oxygen atoms in total. The molecule has 114 valence electrons. The van der Waals surface area contributed by atoms with Gasteiger partial charge in [-0.15, -0.1) is 0 Å². The van der Waals surface area contributed by atoms with Crippen LogP contribution in [0.1, 0.15) is 28.4 Å². The van der Waals surface area contributed by atoms with Crippen LogP contribution in [0.15, 0.2) is 24.3 Å². The first kappa shape index (κ1) is 13.9. The van der Waals surface area contributed by atoms with E-state index < -0.39 is 34.9 Å². The van der Waals surface area contributed by atoms with Crippen LogP contribution in [0.2, 0.25) is 0 Å². The maximum Gasteiger partial charge on any atom is 0.200 e. The van der Waals surface area contributed by atoms with Crippen LogP contribution >= 0.6 is 0 Å². The van der Waals surface area contributed by atoms with Crippen molar-refractivity contribution in [3.8, 4) is 34.5 Å². The van der Waals surface area contributed by atoms with Crippen LogP contribution < -0.4 is 4.74 Å². The molecule has 5 N–H and O–H groups in total. The lowest BCUT2D eigenvalue weighted by atomic mass is 9.94. The average molecular weight is 304 g/mol. The largest absolute Gasteiger partial charge is 0.508 e. The zero-order valence-electron chi connectivity index (χ0n) is 11.1. The molecule has 7 heteroatoms. The maximum absolute atomic E-state index is 12.1. The number of carbonyl (C=O) groups excluding carboxylic acids is 1. The summed E-state index contributed by atoms with van der Waals surface area (Å²) in [5.41, 5.74) is 0.0636. The lowest BCUT2D eigenvalue weighted by Crippen LogP contribution is -2.20. The molecule has 0 fully saturated rings. The first-order valence-corrected chi connectivity index (χ1v) is 6.38. The predicted molar refractivity (Wildman–Crippen MR) is 73.5 cm³/mol. The van der Waals surface area contributed by atoms with E-state index in [0.717, 1.165) is 12.1 Å². The van der Waals surface area contributed by atoms with E-state index in [0.29, 0.717) is 0 Å². The number of hydrogen-bond acceptors (Lipinski definition) is 7. The van der Waals surface area contributed by atoms with Crippen molar-refractivity contribution in [2.75, 3.05) is 0 Å². The molecular formula is C15H12O7. The topological polar surface area (TPSA) is 127 Å². The molecule has 0 amide bonds. The highest BCUT2D eigenvalue weighted by Gasteiger charge is 2.33. The molecule has 1 aliphatic rings. The monoisotopic (exact) mass is 304 g/mol. The molecule has 1 unspecified atom stereocenters. The van der Waals surface area contributed by atoms with Crippen molar-refractivity contribution in [1.29, 1.82) is 0 Å². The van der Waals surface area contributed by atoms with Gasteiger partial charge in [0.2, 0.25) is 5.75 Å². The van der Waals surface area contributed by atoms with Gasteiger partial charge in [0, 0.05) is 17.7 Å². The third kappa shape index (κ3) is 2.03. The Labute approximate surface area is 124 Å². The number of hydrogen-bond donors (Lipinski definition) is 5. The first-order valence-electron chi connectivity index (χ1n) is 6.38. The molecule has 0 spiro atoms. The van der Waals surface area contributed by atoms with Crippen molar-refractivity contribution in [1.82, 2.24) is 0 Å². The van der Waals surface area contributed by atoms with Gasteiger partial charge in [-0.05, 0) is 12.1 Å². The minimum absolute atomic E-state index is 0.0225. The number of carbonyl (C=O) groups is 1. The van der Waals surface area contributed by atoms with Gasteiger partial charge in [-0.1, -0.05) is 0 Å². The van der Waals surface area contributed by atoms with Gasteiger partial charge in [0.15, 0.2) is 17.3 Å². The third-order valence-electron chi connectivity index (χ3n) is 3.49. The smallest absolute Gasteiger partial charge is 0.200 e. The molecule has 0 saturated heterocycles. The molecular weight excluding hydrogens is 292 g/mol. The molecule has 1 atom stereocenters. The molecule has 0 bridgehead atoms. The Morgan fingerprint density at radius 1 is 0.955 bits per heavy atom. The Bertz CT molecular complexity index is 782. The van der Waals surface area contributed by atoms with Crippen LogP contribution in [-0.2, 0) is 0 Å². The summed E-state index contributed by atoms with van der Waals surface area (Å²) in [4.78, 5) is 12.1. The zero-order chi connectivity index (χ0) is 16.0. The lowest BCUT2D eigenvalue weighted by molar-refractivity contribution is 0.0841. The van der Waals surface area contributed by atoms with Gasteiger partial charge < -0.3 is 30.3 Å². The van der Waals surface area contributed by atoms with Crippen molar-refractivity contribution in [2.45, 2.75) is 12.5 Å². The molecule has 0 radical (unpaired) electrons. The zero-order valence-corrected chi connectivity index (χ0v) is 11.1. The lowest BCUT2D eigenvalue weighted by Gasteiger charge is -2.26. The number of Topliss-reactive ketones (excluding diaryl/α,β-unsaturated/α-hetero) is 1. The molecule has 2 aromatic carbocycles. The summed E-state index contributed by atoms with van der Waals surface area (Å²) in [7, 11) is 0. The van der Waals surface area contributed by atoms with Crippen LogP contribution in [0.3, 0.4) is 0 Å². The Balaban J connectivity index is 2.06. The van der Waals surface area contributed by atoms with Crippen LogP contribution in [-0.4, -0.2) is 31.3 Å². The second kappa shape index (κ2) is 4.73. The molecule has 3 rings (SSSR count). The van der Waals surface area contributed by atoms with Crippen LogP contribution in [0.4, 0.5) is 0 Å². The minimum Gasteiger partial charge on any atom is -0.508 e. The fourth-order valence-corrected chi connectivity index (χ4v) is 2.44.